The Morgan fingerprint density at radius 1 is 1.55 bits per heavy atom. The van der Waals surface area contributed by atoms with Crippen LogP contribution in [0.2, 0.25) is 0 Å². The van der Waals surface area contributed by atoms with Crippen LogP contribution in [0.3, 0.4) is 0 Å². The number of guanidine groups is 1. The monoisotopic (exact) mass is 278 g/mol. The maximum absolute atomic E-state index is 10.2. The largest absolute Gasteiger partial charge is 0.388 e. The van der Waals surface area contributed by atoms with E-state index in [0.29, 0.717) is 6.54 Å². The maximum atomic E-state index is 10.2. The lowest BCUT2D eigenvalue weighted by molar-refractivity contribution is -0.0237. The van der Waals surface area contributed by atoms with E-state index < -0.39 is 5.60 Å². The summed E-state index contributed by atoms with van der Waals surface area (Å²) in [5.41, 5.74) is 0.674. The standard InChI is InChI=1S/C15H26N4O/c1-4-16-14(17-12-15(20)8-6-9-15)19(3)11-13-7-5-10-18(13)2/h5,7,10,20H,4,6,8-9,11-12H2,1-3H3,(H,16,17). The van der Waals surface area contributed by atoms with E-state index in [1.807, 2.05) is 26.4 Å². The molecule has 1 saturated carbocycles. The third-order valence-electron chi connectivity index (χ3n) is 3.95. The van der Waals surface area contributed by atoms with Crippen LogP contribution in [0.1, 0.15) is 31.9 Å². The summed E-state index contributed by atoms with van der Waals surface area (Å²) in [7, 11) is 4.07. The first-order chi connectivity index (χ1) is 9.54. The predicted octanol–water partition coefficient (Wildman–Crippen LogP) is 1.34. The van der Waals surface area contributed by atoms with Crippen molar-refractivity contribution in [2.75, 3.05) is 20.1 Å². The second kappa shape index (κ2) is 6.31. The fourth-order valence-electron chi connectivity index (χ4n) is 2.41. The Kier molecular flexibility index (Phi) is 4.70. The summed E-state index contributed by atoms with van der Waals surface area (Å²) in [6.45, 7) is 4.18. The third-order valence-corrected chi connectivity index (χ3v) is 3.95. The topological polar surface area (TPSA) is 52.8 Å². The van der Waals surface area contributed by atoms with Gasteiger partial charge in [0.25, 0.3) is 0 Å². The van der Waals surface area contributed by atoms with E-state index in [2.05, 4.69) is 32.8 Å². The van der Waals surface area contributed by atoms with Crippen molar-refractivity contribution in [2.24, 2.45) is 12.0 Å². The number of aryl methyl sites for hydroxylation is 1. The fourth-order valence-corrected chi connectivity index (χ4v) is 2.41. The molecule has 0 atom stereocenters. The number of aliphatic hydroxyl groups is 1. The molecule has 20 heavy (non-hydrogen) atoms. The minimum Gasteiger partial charge on any atom is -0.388 e. The summed E-state index contributed by atoms with van der Waals surface area (Å²) in [5, 5.41) is 13.4. The van der Waals surface area contributed by atoms with Crippen LogP contribution in [0.4, 0.5) is 0 Å². The average Bonchev–Trinajstić information content (AvgIpc) is 2.78. The van der Waals surface area contributed by atoms with Crippen LogP contribution in [-0.2, 0) is 13.6 Å². The van der Waals surface area contributed by atoms with E-state index in [0.717, 1.165) is 38.3 Å². The predicted molar refractivity (Wildman–Crippen MR) is 81.7 cm³/mol. The highest BCUT2D eigenvalue weighted by Gasteiger charge is 2.34. The van der Waals surface area contributed by atoms with Gasteiger partial charge in [0.05, 0.1) is 18.7 Å². The molecule has 2 rings (SSSR count). The van der Waals surface area contributed by atoms with Crippen molar-refractivity contribution in [2.45, 2.75) is 38.3 Å². The Morgan fingerprint density at radius 3 is 2.80 bits per heavy atom. The summed E-state index contributed by atoms with van der Waals surface area (Å²) in [6.07, 6.45) is 4.90. The van der Waals surface area contributed by atoms with Crippen molar-refractivity contribution >= 4 is 5.96 Å². The smallest absolute Gasteiger partial charge is 0.194 e. The van der Waals surface area contributed by atoms with Crippen molar-refractivity contribution in [1.29, 1.82) is 0 Å². The van der Waals surface area contributed by atoms with Crippen LogP contribution in [0.5, 0.6) is 0 Å². The Labute approximate surface area is 121 Å². The first-order valence-electron chi connectivity index (χ1n) is 7.36. The van der Waals surface area contributed by atoms with Gasteiger partial charge in [-0.3, -0.25) is 4.99 Å². The van der Waals surface area contributed by atoms with Gasteiger partial charge in [-0.05, 0) is 38.3 Å². The van der Waals surface area contributed by atoms with Crippen LogP contribution in [0, 0.1) is 0 Å². The normalized spacial score (nSPS) is 17.7. The molecule has 1 aliphatic carbocycles. The van der Waals surface area contributed by atoms with Crippen LogP contribution in [0.15, 0.2) is 23.3 Å². The quantitative estimate of drug-likeness (QED) is 0.631. The van der Waals surface area contributed by atoms with Crippen molar-refractivity contribution in [3.63, 3.8) is 0 Å². The Bertz CT molecular complexity index is 462. The van der Waals surface area contributed by atoms with Gasteiger partial charge in [0.1, 0.15) is 0 Å². The molecule has 1 fully saturated rings. The van der Waals surface area contributed by atoms with Crippen LogP contribution >= 0.6 is 0 Å². The molecule has 0 aliphatic heterocycles. The molecule has 0 bridgehead atoms. The van der Waals surface area contributed by atoms with E-state index in [-0.39, 0.29) is 0 Å². The van der Waals surface area contributed by atoms with Crippen molar-refractivity contribution in [3.8, 4) is 0 Å². The number of aliphatic imine (C=N–C) groups is 1. The second-order valence-corrected chi connectivity index (χ2v) is 5.71. The van der Waals surface area contributed by atoms with Gasteiger partial charge in [-0.25, -0.2) is 0 Å². The molecule has 0 amide bonds. The Hall–Kier alpha value is -1.49. The van der Waals surface area contributed by atoms with Crippen LogP contribution in [0.25, 0.3) is 0 Å². The van der Waals surface area contributed by atoms with Crippen molar-refractivity contribution in [1.82, 2.24) is 14.8 Å². The van der Waals surface area contributed by atoms with Gasteiger partial charge in [0.15, 0.2) is 5.96 Å². The highest BCUT2D eigenvalue weighted by atomic mass is 16.3. The Morgan fingerprint density at radius 2 is 2.30 bits per heavy atom. The summed E-state index contributed by atoms with van der Waals surface area (Å²) in [5.74, 6) is 0.856. The van der Waals surface area contributed by atoms with E-state index in [9.17, 15) is 5.11 Å². The van der Waals surface area contributed by atoms with Crippen molar-refractivity contribution < 1.29 is 5.11 Å². The molecule has 0 radical (unpaired) electrons. The molecular weight excluding hydrogens is 252 g/mol. The number of hydrogen-bond acceptors (Lipinski definition) is 2. The molecule has 1 aliphatic rings. The van der Waals surface area contributed by atoms with E-state index in [4.69, 9.17) is 0 Å². The van der Waals surface area contributed by atoms with E-state index in [1.165, 1.54) is 5.69 Å². The van der Waals surface area contributed by atoms with E-state index >= 15 is 0 Å². The first kappa shape index (κ1) is 14.9. The molecule has 1 aromatic heterocycles. The minimum atomic E-state index is -0.563. The molecule has 0 aromatic carbocycles. The number of nitrogens with zero attached hydrogens (tertiary/aromatic N) is 3. The SMILES string of the molecule is CCNC(=NCC1(O)CCC1)N(C)Cc1cccn1C. The van der Waals surface area contributed by atoms with E-state index in [1.54, 1.807) is 0 Å². The van der Waals surface area contributed by atoms with Crippen molar-refractivity contribution in [3.05, 3.63) is 24.0 Å². The number of nitrogens with one attached hydrogen (secondary N) is 1. The molecule has 5 heteroatoms. The molecule has 1 aromatic rings. The first-order valence-corrected chi connectivity index (χ1v) is 7.36. The van der Waals surface area contributed by atoms with Gasteiger partial charge in [0.2, 0.25) is 0 Å². The fraction of sp³-hybridized carbons (Fsp3) is 0.667. The number of aromatic nitrogens is 1. The third kappa shape index (κ3) is 3.54. The molecule has 0 saturated heterocycles. The lowest BCUT2D eigenvalue weighted by atomic mass is 9.80. The minimum absolute atomic E-state index is 0.493. The molecule has 112 valence electrons. The molecule has 2 N–H and O–H groups in total. The molecular formula is C15H26N4O. The summed E-state index contributed by atoms with van der Waals surface area (Å²) < 4.78 is 2.11. The lowest BCUT2D eigenvalue weighted by Gasteiger charge is -2.35. The van der Waals surface area contributed by atoms with Gasteiger partial charge in [0, 0.05) is 32.5 Å². The van der Waals surface area contributed by atoms with Gasteiger partial charge in [-0.15, -0.1) is 0 Å². The maximum Gasteiger partial charge on any atom is 0.194 e. The molecule has 5 nitrogen and oxygen atoms in total. The summed E-state index contributed by atoms with van der Waals surface area (Å²) in [4.78, 5) is 6.69. The molecule has 1 heterocycles. The molecule has 0 spiro atoms. The second-order valence-electron chi connectivity index (χ2n) is 5.71. The zero-order chi connectivity index (χ0) is 14.6. The summed E-state index contributed by atoms with van der Waals surface area (Å²) >= 11 is 0. The lowest BCUT2D eigenvalue weighted by Crippen LogP contribution is -2.43. The average molecular weight is 278 g/mol. The van der Waals surface area contributed by atoms with Gasteiger partial charge >= 0.3 is 0 Å². The molecule has 0 unspecified atom stereocenters. The zero-order valence-electron chi connectivity index (χ0n) is 12.8. The number of rotatable bonds is 5. The van der Waals surface area contributed by atoms with Gasteiger partial charge in [-0.1, -0.05) is 0 Å². The number of hydrogen-bond donors (Lipinski definition) is 2. The Balaban J connectivity index is 1.99. The van der Waals surface area contributed by atoms with Gasteiger partial charge in [-0.2, -0.15) is 0 Å². The van der Waals surface area contributed by atoms with Crippen LogP contribution in [-0.4, -0.2) is 46.3 Å². The zero-order valence-corrected chi connectivity index (χ0v) is 12.8. The van der Waals surface area contributed by atoms with Crippen LogP contribution < -0.4 is 5.32 Å². The summed E-state index contributed by atoms with van der Waals surface area (Å²) in [6, 6.07) is 4.16. The van der Waals surface area contributed by atoms with Gasteiger partial charge < -0.3 is 19.9 Å². The highest BCUT2D eigenvalue weighted by Crippen LogP contribution is 2.31. The highest BCUT2D eigenvalue weighted by molar-refractivity contribution is 5.79.